The number of hydrogen-bond donors (Lipinski definition) is 1. The van der Waals surface area contributed by atoms with Gasteiger partial charge in [0.1, 0.15) is 0 Å². The van der Waals surface area contributed by atoms with Crippen LogP contribution < -0.4 is 20.1 Å². The zero-order valence-electron chi connectivity index (χ0n) is 17.5. The maximum atomic E-state index is 6.33. The average molecular weight is 409 g/mol. The smallest absolute Gasteiger partial charge is 0.162 e. The Morgan fingerprint density at radius 1 is 1.00 bits per heavy atom. The number of ether oxygens (including phenoxy) is 2. The van der Waals surface area contributed by atoms with Crippen LogP contribution in [0, 0.1) is 0 Å². The quantitative estimate of drug-likeness (QED) is 0.550. The number of thiophene rings is 1. The highest BCUT2D eigenvalue weighted by Gasteiger charge is 2.22. The van der Waals surface area contributed by atoms with Crippen molar-refractivity contribution >= 4 is 22.7 Å². The van der Waals surface area contributed by atoms with Crippen LogP contribution in [0.4, 0.5) is 11.4 Å². The second kappa shape index (κ2) is 7.99. The molecule has 0 radical (unpaired) electrons. The summed E-state index contributed by atoms with van der Waals surface area (Å²) in [4.78, 5) is 5.08. The minimum absolute atomic E-state index is 0.490. The van der Waals surface area contributed by atoms with Crippen molar-refractivity contribution < 1.29 is 9.47 Å². The van der Waals surface area contributed by atoms with E-state index in [0.717, 1.165) is 47.9 Å². The molecule has 0 unspecified atom stereocenters. The second-order valence-corrected chi connectivity index (χ2v) is 8.91. The van der Waals surface area contributed by atoms with E-state index in [9.17, 15) is 0 Å². The molecule has 29 heavy (non-hydrogen) atoms. The molecule has 2 N–H and O–H groups in total. The van der Waals surface area contributed by atoms with Crippen LogP contribution in [-0.2, 0) is 13.0 Å². The van der Waals surface area contributed by atoms with Gasteiger partial charge in [0.15, 0.2) is 11.5 Å². The molecule has 0 aliphatic carbocycles. The molecule has 1 aromatic heterocycles. The van der Waals surface area contributed by atoms with Crippen LogP contribution in [0.1, 0.15) is 35.8 Å². The number of rotatable bonds is 5. The van der Waals surface area contributed by atoms with E-state index in [0.29, 0.717) is 5.92 Å². The highest BCUT2D eigenvalue weighted by molar-refractivity contribution is 7.15. The van der Waals surface area contributed by atoms with E-state index in [1.54, 1.807) is 14.2 Å². The highest BCUT2D eigenvalue weighted by atomic mass is 32.1. The normalized spacial score (nSPS) is 13.5. The Labute approximate surface area is 176 Å². The number of benzene rings is 2. The molecule has 1 aliphatic heterocycles. The van der Waals surface area contributed by atoms with E-state index in [2.05, 4.69) is 49.1 Å². The van der Waals surface area contributed by atoms with E-state index in [1.807, 2.05) is 23.5 Å². The van der Waals surface area contributed by atoms with Gasteiger partial charge in [-0.25, -0.2) is 0 Å². The third-order valence-electron chi connectivity index (χ3n) is 5.62. The fourth-order valence-electron chi connectivity index (χ4n) is 3.84. The number of nitrogen functional groups attached to an aromatic ring is 1. The first-order valence-corrected chi connectivity index (χ1v) is 10.8. The topological polar surface area (TPSA) is 47.7 Å². The Kier molecular flexibility index (Phi) is 5.41. The molecule has 0 atom stereocenters. The van der Waals surface area contributed by atoms with Crippen LogP contribution in [-0.4, -0.2) is 20.8 Å². The first-order valence-electron chi connectivity index (χ1n) is 9.98. The van der Waals surface area contributed by atoms with E-state index in [1.165, 1.54) is 20.9 Å². The molecule has 1 aliphatic rings. The predicted molar refractivity (Wildman–Crippen MR) is 123 cm³/mol. The first-order chi connectivity index (χ1) is 14.0. The summed E-state index contributed by atoms with van der Waals surface area (Å²) < 4.78 is 10.9. The van der Waals surface area contributed by atoms with E-state index >= 15 is 0 Å². The maximum Gasteiger partial charge on any atom is 0.162 e. The van der Waals surface area contributed by atoms with Crippen LogP contribution in [0.25, 0.3) is 10.4 Å². The molecule has 152 valence electrons. The Hall–Kier alpha value is -2.66. The Morgan fingerprint density at radius 3 is 2.52 bits per heavy atom. The molecule has 5 heteroatoms. The van der Waals surface area contributed by atoms with Crippen molar-refractivity contribution in [1.29, 1.82) is 0 Å². The monoisotopic (exact) mass is 408 g/mol. The Morgan fingerprint density at radius 2 is 1.79 bits per heavy atom. The van der Waals surface area contributed by atoms with Crippen molar-refractivity contribution in [2.45, 2.75) is 32.7 Å². The molecule has 0 fully saturated rings. The summed E-state index contributed by atoms with van der Waals surface area (Å²) in [6.07, 6.45) is 1.03. The SMILES string of the molecule is COc1ccc(N2CCc3cc(-c4cc(C(C)C)ccc4N)sc3C2)cc1OC. The molecule has 0 bridgehead atoms. The number of nitrogens with zero attached hydrogens (tertiary/aromatic N) is 1. The molecule has 0 amide bonds. The Bertz CT molecular complexity index is 1030. The number of hydrogen-bond acceptors (Lipinski definition) is 5. The minimum Gasteiger partial charge on any atom is -0.493 e. The van der Waals surface area contributed by atoms with Gasteiger partial charge in [-0.15, -0.1) is 11.3 Å². The van der Waals surface area contributed by atoms with Crippen molar-refractivity contribution in [3.8, 4) is 21.9 Å². The molecule has 4 rings (SSSR count). The third kappa shape index (κ3) is 3.79. The van der Waals surface area contributed by atoms with E-state index < -0.39 is 0 Å². The van der Waals surface area contributed by atoms with Gasteiger partial charge in [-0.05, 0) is 53.8 Å². The summed E-state index contributed by atoms with van der Waals surface area (Å²) in [5.41, 5.74) is 12.3. The summed E-state index contributed by atoms with van der Waals surface area (Å²) in [6.45, 7) is 6.32. The number of nitrogens with two attached hydrogens (primary N) is 1. The van der Waals surface area contributed by atoms with Crippen LogP contribution in [0.3, 0.4) is 0 Å². The largest absolute Gasteiger partial charge is 0.493 e. The molecule has 0 saturated carbocycles. The Balaban J connectivity index is 1.62. The molecular weight excluding hydrogens is 380 g/mol. The van der Waals surface area contributed by atoms with Gasteiger partial charge in [0.25, 0.3) is 0 Å². The number of anilines is 2. The van der Waals surface area contributed by atoms with Gasteiger partial charge in [0.05, 0.1) is 20.8 Å². The first kappa shape index (κ1) is 19.6. The zero-order chi connectivity index (χ0) is 20.5. The zero-order valence-corrected chi connectivity index (χ0v) is 18.3. The molecule has 2 heterocycles. The van der Waals surface area contributed by atoms with Crippen LogP contribution >= 0.6 is 11.3 Å². The van der Waals surface area contributed by atoms with Crippen molar-refractivity contribution in [2.75, 3.05) is 31.4 Å². The van der Waals surface area contributed by atoms with Crippen molar-refractivity contribution in [2.24, 2.45) is 0 Å². The second-order valence-electron chi connectivity index (χ2n) is 7.77. The van der Waals surface area contributed by atoms with Crippen LogP contribution in [0.5, 0.6) is 11.5 Å². The molecule has 3 aromatic rings. The van der Waals surface area contributed by atoms with Crippen molar-refractivity contribution in [3.05, 3.63) is 58.5 Å². The predicted octanol–water partition coefficient (Wildman–Crippen LogP) is 5.70. The molecule has 4 nitrogen and oxygen atoms in total. The molecule has 0 spiro atoms. The van der Waals surface area contributed by atoms with Gasteiger partial charge in [0, 0.05) is 39.3 Å². The standard InChI is InChI=1S/C24H28N2O2S/c1-15(2)16-5-7-20(25)19(11-16)23-12-17-9-10-26(14-24(17)29-23)18-6-8-21(27-3)22(13-18)28-4/h5-8,11-13,15H,9-10,14,25H2,1-4H3. The summed E-state index contributed by atoms with van der Waals surface area (Å²) in [7, 11) is 3.34. The number of fused-ring (bicyclic) bond motifs is 1. The summed E-state index contributed by atoms with van der Waals surface area (Å²) in [5, 5.41) is 0. The van der Waals surface area contributed by atoms with Crippen LogP contribution in [0.2, 0.25) is 0 Å². The van der Waals surface area contributed by atoms with Crippen molar-refractivity contribution in [3.63, 3.8) is 0 Å². The van der Waals surface area contributed by atoms with Crippen molar-refractivity contribution in [1.82, 2.24) is 0 Å². The summed E-state index contributed by atoms with van der Waals surface area (Å²) in [6, 6.07) is 14.9. The van der Waals surface area contributed by atoms with Gasteiger partial charge < -0.3 is 20.1 Å². The fourth-order valence-corrected chi connectivity index (χ4v) is 5.11. The molecule has 0 saturated heterocycles. The lowest BCUT2D eigenvalue weighted by atomic mass is 9.98. The molecule has 2 aromatic carbocycles. The average Bonchev–Trinajstić information content (AvgIpc) is 3.16. The lowest BCUT2D eigenvalue weighted by molar-refractivity contribution is 0.355. The van der Waals surface area contributed by atoms with Gasteiger partial charge in [-0.3, -0.25) is 0 Å². The van der Waals surface area contributed by atoms with Gasteiger partial charge in [-0.2, -0.15) is 0 Å². The third-order valence-corrected chi connectivity index (χ3v) is 6.82. The fraction of sp³-hybridized carbons (Fsp3) is 0.333. The lowest BCUT2D eigenvalue weighted by Gasteiger charge is -2.29. The van der Waals surface area contributed by atoms with Crippen LogP contribution in [0.15, 0.2) is 42.5 Å². The summed E-state index contributed by atoms with van der Waals surface area (Å²) >= 11 is 1.86. The highest BCUT2D eigenvalue weighted by Crippen LogP contribution is 2.40. The van der Waals surface area contributed by atoms with E-state index in [4.69, 9.17) is 15.2 Å². The maximum absolute atomic E-state index is 6.33. The molecular formula is C24H28N2O2S. The number of methoxy groups -OCH3 is 2. The lowest BCUT2D eigenvalue weighted by Crippen LogP contribution is -2.29. The minimum atomic E-state index is 0.490. The van der Waals surface area contributed by atoms with E-state index in [-0.39, 0.29) is 0 Å². The summed E-state index contributed by atoms with van der Waals surface area (Å²) in [5.74, 6) is 2.01. The van der Waals surface area contributed by atoms with Gasteiger partial charge in [0.2, 0.25) is 0 Å². The van der Waals surface area contributed by atoms with Gasteiger partial charge in [-0.1, -0.05) is 19.9 Å². The van der Waals surface area contributed by atoms with Gasteiger partial charge >= 0.3 is 0 Å².